The highest BCUT2D eigenvalue weighted by Crippen LogP contribution is 2.24. The lowest BCUT2D eigenvalue weighted by Crippen LogP contribution is -2.49. The van der Waals surface area contributed by atoms with Crippen molar-refractivity contribution >= 4 is 33.6 Å². The minimum Gasteiger partial charge on any atom is -0.383 e. The van der Waals surface area contributed by atoms with Gasteiger partial charge < -0.3 is 16.0 Å². The van der Waals surface area contributed by atoms with Crippen LogP contribution < -0.4 is 16.0 Å². The lowest BCUT2D eigenvalue weighted by molar-refractivity contribution is -0.122. The molecule has 1 fully saturated rings. The van der Waals surface area contributed by atoms with Crippen molar-refractivity contribution in [1.29, 1.82) is 0 Å². The number of amides is 1. The van der Waals surface area contributed by atoms with Crippen LogP contribution in [0.1, 0.15) is 19.3 Å². The van der Waals surface area contributed by atoms with Crippen LogP contribution in [0, 0.1) is 0 Å². The van der Waals surface area contributed by atoms with Gasteiger partial charge in [0.1, 0.15) is 16.5 Å². The highest BCUT2D eigenvalue weighted by molar-refractivity contribution is 9.10. The van der Waals surface area contributed by atoms with Crippen molar-refractivity contribution in [2.75, 3.05) is 24.2 Å². The molecule has 1 aliphatic rings. The van der Waals surface area contributed by atoms with E-state index in [1.54, 1.807) is 13.1 Å². The zero-order valence-electron chi connectivity index (χ0n) is 10.2. The molecule has 1 aromatic rings. The monoisotopic (exact) mass is 313 g/mol. The molecule has 18 heavy (non-hydrogen) atoms. The Morgan fingerprint density at radius 1 is 1.56 bits per heavy atom. The van der Waals surface area contributed by atoms with Crippen molar-refractivity contribution in [2.45, 2.75) is 25.3 Å². The van der Waals surface area contributed by atoms with Gasteiger partial charge in [0, 0.05) is 19.7 Å². The smallest absolute Gasteiger partial charge is 0.242 e. The van der Waals surface area contributed by atoms with E-state index in [4.69, 9.17) is 5.73 Å². The normalized spacial score (nSPS) is 19.7. The van der Waals surface area contributed by atoms with Crippen molar-refractivity contribution in [3.8, 4) is 0 Å². The maximum absolute atomic E-state index is 11.9. The number of hydrogen-bond acceptors (Lipinski definition) is 5. The van der Waals surface area contributed by atoms with Crippen LogP contribution in [0.25, 0.3) is 0 Å². The standard InChI is InChI=1S/C11H16BrN5O/c1-14-10(18)7-4-2-3-5-17(7)11-15-8(12)6-9(13)16-11/h6-7H,2-5H2,1H3,(H,14,18)(H2,13,15,16). The number of anilines is 2. The Bertz CT molecular complexity index is 433. The maximum Gasteiger partial charge on any atom is 0.242 e. The number of carbonyl (C=O) groups excluding carboxylic acids is 1. The van der Waals surface area contributed by atoms with Crippen LogP contribution >= 0.6 is 15.9 Å². The number of nitrogen functional groups attached to an aromatic ring is 1. The molecule has 1 amide bonds. The van der Waals surface area contributed by atoms with Crippen LogP contribution in [0.15, 0.2) is 10.7 Å². The van der Waals surface area contributed by atoms with E-state index in [0.29, 0.717) is 16.4 Å². The van der Waals surface area contributed by atoms with E-state index < -0.39 is 0 Å². The predicted octanol–water partition coefficient (Wildman–Crippen LogP) is 0.926. The Balaban J connectivity index is 2.30. The van der Waals surface area contributed by atoms with Gasteiger partial charge in [-0.05, 0) is 35.2 Å². The molecule has 98 valence electrons. The summed E-state index contributed by atoms with van der Waals surface area (Å²) in [4.78, 5) is 22.3. The minimum atomic E-state index is -0.211. The molecule has 2 heterocycles. The van der Waals surface area contributed by atoms with Crippen LogP contribution in [0.5, 0.6) is 0 Å². The van der Waals surface area contributed by atoms with Crippen LogP contribution in [0.3, 0.4) is 0 Å². The number of piperidine rings is 1. The third kappa shape index (κ3) is 2.72. The molecule has 0 aromatic carbocycles. The lowest BCUT2D eigenvalue weighted by Gasteiger charge is -2.34. The van der Waals surface area contributed by atoms with Crippen molar-refractivity contribution in [3.05, 3.63) is 10.7 Å². The van der Waals surface area contributed by atoms with Crippen molar-refractivity contribution in [3.63, 3.8) is 0 Å². The highest BCUT2D eigenvalue weighted by atomic mass is 79.9. The molecule has 2 rings (SSSR count). The van der Waals surface area contributed by atoms with Gasteiger partial charge in [-0.15, -0.1) is 0 Å². The summed E-state index contributed by atoms with van der Waals surface area (Å²) in [5.74, 6) is 0.903. The summed E-state index contributed by atoms with van der Waals surface area (Å²) in [5.41, 5.74) is 5.71. The van der Waals surface area contributed by atoms with Crippen LogP contribution in [0.4, 0.5) is 11.8 Å². The topological polar surface area (TPSA) is 84.1 Å². The molecule has 1 unspecified atom stereocenters. The van der Waals surface area contributed by atoms with E-state index in [9.17, 15) is 4.79 Å². The molecule has 0 saturated carbocycles. The van der Waals surface area contributed by atoms with Gasteiger partial charge in [-0.2, -0.15) is 4.98 Å². The first kappa shape index (κ1) is 13.1. The maximum atomic E-state index is 11.9. The number of nitrogens with two attached hydrogens (primary N) is 1. The molecule has 6 nitrogen and oxygen atoms in total. The van der Waals surface area contributed by atoms with Crippen molar-refractivity contribution in [1.82, 2.24) is 15.3 Å². The Morgan fingerprint density at radius 3 is 3.00 bits per heavy atom. The first-order valence-corrected chi connectivity index (χ1v) is 6.69. The summed E-state index contributed by atoms with van der Waals surface area (Å²) in [6, 6.07) is 1.43. The summed E-state index contributed by atoms with van der Waals surface area (Å²) >= 11 is 3.30. The average Bonchev–Trinajstić information content (AvgIpc) is 2.36. The van der Waals surface area contributed by atoms with Gasteiger partial charge in [-0.3, -0.25) is 4.79 Å². The Labute approximate surface area is 114 Å². The highest BCUT2D eigenvalue weighted by Gasteiger charge is 2.30. The molecule has 1 aliphatic heterocycles. The quantitative estimate of drug-likeness (QED) is 0.793. The number of carbonyl (C=O) groups is 1. The molecule has 0 bridgehead atoms. The second-order valence-corrected chi connectivity index (χ2v) is 5.05. The van der Waals surface area contributed by atoms with Crippen LogP contribution in [-0.4, -0.2) is 35.5 Å². The molecular formula is C11H16BrN5O. The predicted molar refractivity (Wildman–Crippen MR) is 73.2 cm³/mol. The van der Waals surface area contributed by atoms with Gasteiger partial charge in [0.25, 0.3) is 0 Å². The summed E-state index contributed by atoms with van der Waals surface area (Å²) < 4.78 is 0.631. The molecule has 1 saturated heterocycles. The van der Waals surface area contributed by atoms with E-state index in [0.717, 1.165) is 25.8 Å². The Morgan fingerprint density at radius 2 is 2.33 bits per heavy atom. The fourth-order valence-corrected chi connectivity index (χ4v) is 2.55. The summed E-state index contributed by atoms with van der Waals surface area (Å²) in [6.07, 6.45) is 2.89. The summed E-state index contributed by atoms with van der Waals surface area (Å²) in [5, 5.41) is 2.68. The minimum absolute atomic E-state index is 0.00292. The zero-order valence-corrected chi connectivity index (χ0v) is 11.8. The third-order valence-corrected chi connectivity index (χ3v) is 3.42. The van der Waals surface area contributed by atoms with Crippen LogP contribution in [0.2, 0.25) is 0 Å². The zero-order chi connectivity index (χ0) is 13.1. The number of nitrogens with zero attached hydrogens (tertiary/aromatic N) is 3. The fraction of sp³-hybridized carbons (Fsp3) is 0.545. The molecule has 0 spiro atoms. The molecule has 0 aliphatic carbocycles. The van der Waals surface area contributed by atoms with Gasteiger partial charge in [0.2, 0.25) is 11.9 Å². The fourth-order valence-electron chi connectivity index (χ4n) is 2.16. The van der Waals surface area contributed by atoms with Crippen molar-refractivity contribution < 1.29 is 4.79 Å². The molecule has 7 heteroatoms. The third-order valence-electron chi connectivity index (χ3n) is 3.01. The van der Waals surface area contributed by atoms with E-state index in [2.05, 4.69) is 31.2 Å². The first-order chi connectivity index (χ1) is 8.61. The van der Waals surface area contributed by atoms with Crippen LogP contribution in [-0.2, 0) is 4.79 Å². The number of halogens is 1. The summed E-state index contributed by atoms with van der Waals surface area (Å²) in [6.45, 7) is 0.772. The van der Waals surface area contributed by atoms with Gasteiger partial charge in [-0.25, -0.2) is 4.98 Å². The second-order valence-electron chi connectivity index (χ2n) is 4.23. The van der Waals surface area contributed by atoms with Gasteiger partial charge in [0.05, 0.1) is 0 Å². The molecule has 0 radical (unpaired) electrons. The number of aromatic nitrogens is 2. The molecule has 1 aromatic heterocycles. The first-order valence-electron chi connectivity index (χ1n) is 5.90. The molecular weight excluding hydrogens is 298 g/mol. The number of likely N-dealkylation sites (N-methyl/N-ethyl adjacent to an activating group) is 1. The SMILES string of the molecule is CNC(=O)C1CCCCN1c1nc(N)cc(Br)n1. The Kier molecular flexibility index (Phi) is 4.00. The Hall–Kier alpha value is -1.37. The number of rotatable bonds is 2. The van der Waals surface area contributed by atoms with Gasteiger partial charge in [-0.1, -0.05) is 0 Å². The van der Waals surface area contributed by atoms with E-state index in [1.165, 1.54) is 0 Å². The molecule has 1 atom stereocenters. The van der Waals surface area contributed by atoms with E-state index in [1.807, 2.05) is 4.90 Å². The van der Waals surface area contributed by atoms with Gasteiger partial charge >= 0.3 is 0 Å². The lowest BCUT2D eigenvalue weighted by atomic mass is 10.0. The number of nitrogens with one attached hydrogen (secondary N) is 1. The van der Waals surface area contributed by atoms with E-state index in [-0.39, 0.29) is 11.9 Å². The molecule has 3 N–H and O–H groups in total. The second kappa shape index (κ2) is 5.51. The number of hydrogen-bond donors (Lipinski definition) is 2. The van der Waals surface area contributed by atoms with Crippen molar-refractivity contribution in [2.24, 2.45) is 0 Å². The average molecular weight is 314 g/mol. The van der Waals surface area contributed by atoms with E-state index >= 15 is 0 Å². The largest absolute Gasteiger partial charge is 0.383 e. The van der Waals surface area contributed by atoms with Gasteiger partial charge in [0.15, 0.2) is 0 Å². The summed E-state index contributed by atoms with van der Waals surface area (Å²) in [7, 11) is 1.64.